The zero-order valence-electron chi connectivity index (χ0n) is 11.1. The molecule has 1 aromatic heterocycles. The van der Waals surface area contributed by atoms with Crippen molar-refractivity contribution >= 4 is 56.7 Å². The second-order valence-corrected chi connectivity index (χ2v) is 6.85. The molecule has 0 saturated carbocycles. The van der Waals surface area contributed by atoms with E-state index in [0.717, 1.165) is 13.7 Å². The molecular weight excluding hydrogens is 438 g/mol. The van der Waals surface area contributed by atoms with E-state index in [2.05, 4.69) is 27.6 Å². The van der Waals surface area contributed by atoms with Gasteiger partial charge in [0, 0.05) is 8.59 Å². The van der Waals surface area contributed by atoms with Crippen molar-refractivity contribution in [3.8, 4) is 0 Å². The molecule has 1 heterocycles. The van der Waals surface area contributed by atoms with Crippen molar-refractivity contribution in [3.63, 3.8) is 0 Å². The van der Waals surface area contributed by atoms with Crippen LogP contribution >= 0.6 is 45.8 Å². The Morgan fingerprint density at radius 2 is 1.91 bits per heavy atom. The Kier molecular flexibility index (Phi) is 4.29. The molecule has 0 spiro atoms. The van der Waals surface area contributed by atoms with E-state index in [9.17, 15) is 9.59 Å². The van der Waals surface area contributed by atoms with Crippen molar-refractivity contribution in [2.75, 3.05) is 0 Å². The van der Waals surface area contributed by atoms with Gasteiger partial charge in [0.25, 0.3) is 5.56 Å². The van der Waals surface area contributed by atoms with E-state index in [1.54, 1.807) is 0 Å². The topological polar surface area (TPSA) is 54.9 Å². The standard InChI is InChI=1S/C15H9Cl2IN2O2/c16-9-5-11(17)13-12(6-9)19-15(22)20(14(13)21)7-8-2-1-3-10(18)4-8/h1-6H,7H2,(H,19,22). The van der Waals surface area contributed by atoms with Crippen molar-refractivity contribution in [2.24, 2.45) is 0 Å². The molecule has 4 nitrogen and oxygen atoms in total. The molecule has 0 saturated heterocycles. The Labute approximate surface area is 148 Å². The van der Waals surface area contributed by atoms with E-state index >= 15 is 0 Å². The molecule has 0 aliphatic rings. The first-order valence-electron chi connectivity index (χ1n) is 6.32. The van der Waals surface area contributed by atoms with Gasteiger partial charge < -0.3 is 4.98 Å². The number of hydrogen-bond donors (Lipinski definition) is 1. The molecule has 0 aliphatic heterocycles. The van der Waals surface area contributed by atoms with E-state index < -0.39 is 11.2 Å². The fraction of sp³-hybridized carbons (Fsp3) is 0.0667. The largest absolute Gasteiger partial charge is 0.329 e. The van der Waals surface area contributed by atoms with Crippen LogP contribution in [0.15, 0.2) is 46.0 Å². The van der Waals surface area contributed by atoms with E-state index in [-0.39, 0.29) is 17.0 Å². The average molecular weight is 447 g/mol. The van der Waals surface area contributed by atoms with Gasteiger partial charge in [0.15, 0.2) is 0 Å². The highest BCUT2D eigenvalue weighted by Gasteiger charge is 2.12. The lowest BCUT2D eigenvalue weighted by atomic mass is 10.2. The summed E-state index contributed by atoms with van der Waals surface area (Å²) in [5, 5.41) is 0.847. The number of fused-ring (bicyclic) bond motifs is 1. The maximum absolute atomic E-state index is 12.6. The lowest BCUT2D eigenvalue weighted by Gasteiger charge is -2.08. The second-order valence-electron chi connectivity index (χ2n) is 4.76. The lowest BCUT2D eigenvalue weighted by molar-refractivity contribution is 0.711. The summed E-state index contributed by atoms with van der Waals surface area (Å²) in [4.78, 5) is 27.4. The predicted octanol–water partition coefficient (Wildman–Crippen LogP) is 3.65. The third kappa shape index (κ3) is 2.93. The molecule has 3 aromatic rings. The molecule has 0 aliphatic carbocycles. The Balaban J connectivity index is 2.23. The van der Waals surface area contributed by atoms with Gasteiger partial charge in [0.05, 0.1) is 22.5 Å². The van der Waals surface area contributed by atoms with E-state index in [1.165, 1.54) is 12.1 Å². The monoisotopic (exact) mass is 446 g/mol. The highest BCUT2D eigenvalue weighted by atomic mass is 127. The maximum atomic E-state index is 12.6. The first-order valence-corrected chi connectivity index (χ1v) is 8.15. The third-order valence-corrected chi connectivity index (χ3v) is 4.42. The summed E-state index contributed by atoms with van der Waals surface area (Å²) >= 11 is 14.2. The van der Waals surface area contributed by atoms with Crippen LogP contribution in [-0.2, 0) is 6.54 Å². The van der Waals surface area contributed by atoms with Gasteiger partial charge in [0.1, 0.15) is 0 Å². The molecule has 1 N–H and O–H groups in total. The molecule has 112 valence electrons. The lowest BCUT2D eigenvalue weighted by Crippen LogP contribution is -2.35. The van der Waals surface area contributed by atoms with Crippen molar-refractivity contribution in [1.29, 1.82) is 0 Å². The minimum atomic E-state index is -0.491. The summed E-state index contributed by atoms with van der Waals surface area (Å²) in [5.41, 5.74) is 0.282. The smallest absolute Gasteiger partial charge is 0.307 e. The molecule has 0 radical (unpaired) electrons. The summed E-state index contributed by atoms with van der Waals surface area (Å²) in [5.74, 6) is 0. The first-order chi connectivity index (χ1) is 10.5. The quantitative estimate of drug-likeness (QED) is 0.611. The summed E-state index contributed by atoms with van der Waals surface area (Å²) < 4.78 is 2.17. The Morgan fingerprint density at radius 3 is 2.64 bits per heavy atom. The van der Waals surface area contributed by atoms with Gasteiger partial charge in [0.2, 0.25) is 0 Å². The molecule has 0 fully saturated rings. The van der Waals surface area contributed by atoms with Gasteiger partial charge in [-0.1, -0.05) is 35.3 Å². The van der Waals surface area contributed by atoms with Gasteiger partial charge in [-0.05, 0) is 52.4 Å². The van der Waals surface area contributed by atoms with Crippen molar-refractivity contribution in [2.45, 2.75) is 6.54 Å². The van der Waals surface area contributed by atoms with Crippen LogP contribution in [0.25, 0.3) is 10.9 Å². The van der Waals surface area contributed by atoms with Crippen LogP contribution in [-0.4, -0.2) is 9.55 Å². The minimum absolute atomic E-state index is 0.180. The molecule has 3 rings (SSSR count). The Hall–Kier alpha value is -1.31. The fourth-order valence-corrected chi connectivity index (χ4v) is 3.44. The molecular formula is C15H9Cl2IN2O2. The molecule has 2 aromatic carbocycles. The van der Waals surface area contributed by atoms with Gasteiger partial charge in [-0.15, -0.1) is 0 Å². The van der Waals surface area contributed by atoms with Gasteiger partial charge in [-0.3, -0.25) is 9.36 Å². The molecule has 22 heavy (non-hydrogen) atoms. The van der Waals surface area contributed by atoms with Gasteiger partial charge in [-0.2, -0.15) is 0 Å². The van der Waals surface area contributed by atoms with E-state index in [4.69, 9.17) is 23.2 Å². The summed E-state index contributed by atoms with van der Waals surface area (Å²) in [6.07, 6.45) is 0. The maximum Gasteiger partial charge on any atom is 0.329 e. The zero-order chi connectivity index (χ0) is 15.9. The van der Waals surface area contributed by atoms with Crippen LogP contribution < -0.4 is 11.2 Å². The third-order valence-electron chi connectivity index (χ3n) is 3.23. The van der Waals surface area contributed by atoms with Gasteiger partial charge in [-0.25, -0.2) is 4.79 Å². The number of rotatable bonds is 2. The van der Waals surface area contributed by atoms with Crippen molar-refractivity contribution < 1.29 is 0 Å². The molecule has 7 heteroatoms. The van der Waals surface area contributed by atoms with Crippen LogP contribution in [0, 0.1) is 3.57 Å². The SMILES string of the molecule is O=c1[nH]c2cc(Cl)cc(Cl)c2c(=O)n1Cc1cccc(I)c1. The van der Waals surface area contributed by atoms with Gasteiger partial charge >= 0.3 is 5.69 Å². The van der Waals surface area contributed by atoms with Crippen LogP contribution in [0.2, 0.25) is 10.0 Å². The van der Waals surface area contributed by atoms with E-state index in [0.29, 0.717) is 10.5 Å². The number of nitrogens with one attached hydrogen (secondary N) is 1. The summed E-state index contributed by atoms with van der Waals surface area (Å²) in [6.45, 7) is 0.180. The highest BCUT2D eigenvalue weighted by Crippen LogP contribution is 2.23. The number of benzene rings is 2. The summed E-state index contributed by atoms with van der Waals surface area (Å²) in [7, 11) is 0. The number of hydrogen-bond acceptors (Lipinski definition) is 2. The Bertz CT molecular complexity index is 995. The number of H-pyrrole nitrogens is 1. The number of nitrogens with zero attached hydrogens (tertiary/aromatic N) is 1. The molecule has 0 amide bonds. The predicted molar refractivity (Wildman–Crippen MR) is 97.1 cm³/mol. The summed E-state index contributed by atoms with van der Waals surface area (Å²) in [6, 6.07) is 10.6. The van der Waals surface area contributed by atoms with Crippen LogP contribution in [0.3, 0.4) is 0 Å². The molecule has 0 bridgehead atoms. The van der Waals surface area contributed by atoms with Crippen LogP contribution in [0.4, 0.5) is 0 Å². The number of aromatic amines is 1. The van der Waals surface area contributed by atoms with E-state index in [1.807, 2.05) is 24.3 Å². The average Bonchev–Trinajstić information content (AvgIpc) is 2.42. The van der Waals surface area contributed by atoms with Crippen molar-refractivity contribution in [1.82, 2.24) is 9.55 Å². The zero-order valence-corrected chi connectivity index (χ0v) is 14.7. The molecule has 0 atom stereocenters. The highest BCUT2D eigenvalue weighted by molar-refractivity contribution is 14.1. The Morgan fingerprint density at radius 1 is 1.14 bits per heavy atom. The molecule has 0 unspecified atom stereocenters. The number of aromatic nitrogens is 2. The number of halogens is 3. The minimum Gasteiger partial charge on any atom is -0.307 e. The van der Waals surface area contributed by atoms with Crippen molar-refractivity contribution in [3.05, 3.63) is 76.4 Å². The fourth-order valence-electron chi connectivity index (χ4n) is 2.26. The van der Waals surface area contributed by atoms with Crippen LogP contribution in [0.1, 0.15) is 5.56 Å². The normalized spacial score (nSPS) is 11.0. The first kappa shape index (κ1) is 15.6. The second kappa shape index (κ2) is 6.06. The van der Waals surface area contributed by atoms with Crippen LogP contribution in [0.5, 0.6) is 0 Å².